The minimum Gasteiger partial charge on any atom is -0.317 e. The quantitative estimate of drug-likeness (QED) is 0.837. The van der Waals surface area contributed by atoms with Crippen molar-refractivity contribution in [2.24, 2.45) is 5.73 Å². The van der Waals surface area contributed by atoms with Crippen LogP contribution in [-0.2, 0) is 0 Å². The highest BCUT2D eigenvalue weighted by molar-refractivity contribution is 9.10. The molecule has 9 heteroatoms. The molecule has 1 heterocycles. The van der Waals surface area contributed by atoms with E-state index in [4.69, 9.17) is 5.73 Å². The van der Waals surface area contributed by atoms with Gasteiger partial charge in [0.15, 0.2) is 0 Å². The highest BCUT2D eigenvalue weighted by Gasteiger charge is 2.62. The summed E-state index contributed by atoms with van der Waals surface area (Å²) in [7, 11) is 0. The van der Waals surface area contributed by atoms with Gasteiger partial charge < -0.3 is 5.73 Å². The van der Waals surface area contributed by atoms with Crippen molar-refractivity contribution < 1.29 is 22.0 Å². The second kappa shape index (κ2) is 5.45. The first-order valence-electron chi connectivity index (χ1n) is 3.98. The molecule has 1 rings (SSSR count). The van der Waals surface area contributed by atoms with Crippen LogP contribution in [0.15, 0.2) is 22.8 Å². The molecule has 0 amide bonds. The topological polar surface area (TPSA) is 38.9 Å². The molecule has 1 aromatic rings. The summed E-state index contributed by atoms with van der Waals surface area (Å²) in [6.07, 6.45) is -4.59. The van der Waals surface area contributed by atoms with Gasteiger partial charge in [0.2, 0.25) is 0 Å². The first-order valence-corrected chi connectivity index (χ1v) is 4.77. The van der Waals surface area contributed by atoms with Gasteiger partial charge in [0, 0.05) is 10.7 Å². The van der Waals surface area contributed by atoms with Crippen molar-refractivity contribution in [3.05, 3.63) is 28.5 Å². The zero-order valence-electron chi connectivity index (χ0n) is 8.01. The normalized spacial score (nSPS) is 14.1. The maximum Gasteiger partial charge on any atom is 0.455 e. The zero-order valence-corrected chi connectivity index (χ0v) is 10.4. The summed E-state index contributed by atoms with van der Waals surface area (Å²) in [4.78, 5) is 3.41. The molecule has 0 radical (unpaired) electrons. The smallest absolute Gasteiger partial charge is 0.317 e. The van der Waals surface area contributed by atoms with Gasteiger partial charge in [-0.3, -0.25) is 4.98 Å². The maximum atomic E-state index is 12.8. The molecule has 2 nitrogen and oxygen atoms in total. The molecule has 0 aliphatic rings. The van der Waals surface area contributed by atoms with Crippen molar-refractivity contribution >= 4 is 28.3 Å². The van der Waals surface area contributed by atoms with Crippen LogP contribution in [0.1, 0.15) is 11.7 Å². The Kier molecular flexibility index (Phi) is 5.30. The molecule has 1 atom stereocenters. The molecule has 17 heavy (non-hydrogen) atoms. The van der Waals surface area contributed by atoms with Gasteiger partial charge in [-0.15, -0.1) is 12.4 Å². The van der Waals surface area contributed by atoms with Crippen LogP contribution in [0.5, 0.6) is 0 Å². The van der Waals surface area contributed by atoms with Crippen molar-refractivity contribution in [2.75, 3.05) is 0 Å². The lowest BCUT2D eigenvalue weighted by molar-refractivity contribution is -0.291. The summed E-state index contributed by atoms with van der Waals surface area (Å²) in [5.41, 5.74) is 4.34. The van der Waals surface area contributed by atoms with Gasteiger partial charge in [0.05, 0.1) is 5.69 Å². The Morgan fingerprint density at radius 1 is 1.18 bits per heavy atom. The van der Waals surface area contributed by atoms with Crippen LogP contribution < -0.4 is 5.73 Å². The Hall–Kier alpha value is -0.470. The van der Waals surface area contributed by atoms with Crippen molar-refractivity contribution in [3.8, 4) is 0 Å². The summed E-state index contributed by atoms with van der Waals surface area (Å²) in [5, 5.41) is 0. The van der Waals surface area contributed by atoms with Gasteiger partial charge in [-0.05, 0) is 28.1 Å². The van der Waals surface area contributed by atoms with Gasteiger partial charge in [-0.25, -0.2) is 0 Å². The fraction of sp³-hybridized carbons (Fsp3) is 0.375. The minimum absolute atomic E-state index is 0. The molecule has 0 aromatic carbocycles. The average molecular weight is 342 g/mol. The van der Waals surface area contributed by atoms with E-state index in [1.165, 1.54) is 6.07 Å². The molecule has 0 spiro atoms. The summed E-state index contributed by atoms with van der Waals surface area (Å²) >= 11 is 2.97. The van der Waals surface area contributed by atoms with Crippen molar-refractivity contribution in [1.29, 1.82) is 0 Å². The van der Waals surface area contributed by atoms with E-state index in [2.05, 4.69) is 20.9 Å². The third-order valence-corrected chi connectivity index (χ3v) is 2.31. The number of aromatic nitrogens is 1. The van der Waals surface area contributed by atoms with Crippen molar-refractivity contribution in [3.63, 3.8) is 0 Å². The fourth-order valence-corrected chi connectivity index (χ4v) is 1.17. The third-order valence-electron chi connectivity index (χ3n) is 1.84. The molecule has 0 unspecified atom stereocenters. The molecule has 98 valence electrons. The van der Waals surface area contributed by atoms with Gasteiger partial charge in [0.25, 0.3) is 0 Å². The van der Waals surface area contributed by atoms with Crippen LogP contribution in [0.2, 0.25) is 0 Å². The molecule has 0 bridgehead atoms. The monoisotopic (exact) mass is 340 g/mol. The first kappa shape index (κ1) is 16.5. The highest BCUT2D eigenvalue weighted by atomic mass is 79.9. The van der Waals surface area contributed by atoms with Crippen LogP contribution in [0.25, 0.3) is 0 Å². The van der Waals surface area contributed by atoms with Crippen molar-refractivity contribution in [2.45, 2.75) is 18.1 Å². The molecule has 0 aliphatic heterocycles. The molecular weight excluding hydrogens is 334 g/mol. The number of nitrogens with two attached hydrogens (primary N) is 1. The molecule has 0 fully saturated rings. The SMILES string of the molecule is Cl.N[C@H](c1ccc(Br)cn1)C(F)(F)C(F)(F)F. The second-order valence-corrected chi connectivity index (χ2v) is 3.92. The van der Waals surface area contributed by atoms with Crippen LogP contribution in [0, 0.1) is 0 Å². The van der Waals surface area contributed by atoms with E-state index in [0.717, 1.165) is 12.3 Å². The maximum absolute atomic E-state index is 12.8. The largest absolute Gasteiger partial charge is 0.455 e. The van der Waals surface area contributed by atoms with Crippen molar-refractivity contribution in [1.82, 2.24) is 4.98 Å². The van der Waals surface area contributed by atoms with E-state index in [-0.39, 0.29) is 12.4 Å². The Balaban J connectivity index is 0.00000256. The van der Waals surface area contributed by atoms with E-state index in [1.54, 1.807) is 0 Å². The predicted octanol–water partition coefficient (Wildman–Crippen LogP) is 3.46. The van der Waals surface area contributed by atoms with Crippen LogP contribution >= 0.6 is 28.3 Å². The number of halogens is 7. The number of nitrogens with zero attached hydrogens (tertiary/aromatic N) is 1. The van der Waals surface area contributed by atoms with Gasteiger partial charge in [-0.1, -0.05) is 0 Å². The van der Waals surface area contributed by atoms with E-state index < -0.39 is 23.8 Å². The number of rotatable bonds is 2. The lowest BCUT2D eigenvalue weighted by atomic mass is 10.1. The average Bonchev–Trinajstić information content (AvgIpc) is 2.16. The fourth-order valence-electron chi connectivity index (χ4n) is 0.933. The van der Waals surface area contributed by atoms with Gasteiger partial charge in [0.1, 0.15) is 6.04 Å². The Bertz CT molecular complexity index is 367. The predicted molar refractivity (Wildman–Crippen MR) is 57.1 cm³/mol. The lowest BCUT2D eigenvalue weighted by Crippen LogP contribution is -2.46. The number of alkyl halides is 5. The molecule has 2 N–H and O–H groups in total. The Morgan fingerprint density at radius 3 is 2.06 bits per heavy atom. The number of pyridine rings is 1. The number of hydrogen-bond donors (Lipinski definition) is 1. The highest BCUT2D eigenvalue weighted by Crippen LogP contribution is 2.42. The van der Waals surface area contributed by atoms with Gasteiger partial charge >= 0.3 is 12.1 Å². The lowest BCUT2D eigenvalue weighted by Gasteiger charge is -2.25. The Morgan fingerprint density at radius 2 is 1.71 bits per heavy atom. The molecule has 0 saturated carbocycles. The first-order chi connectivity index (χ1) is 7.16. The second-order valence-electron chi connectivity index (χ2n) is 3.00. The van der Waals surface area contributed by atoms with Crippen LogP contribution in [0.4, 0.5) is 22.0 Å². The van der Waals surface area contributed by atoms with Crippen LogP contribution in [-0.4, -0.2) is 17.1 Å². The minimum atomic E-state index is -5.69. The van der Waals surface area contributed by atoms with E-state index >= 15 is 0 Å². The van der Waals surface area contributed by atoms with E-state index in [0.29, 0.717) is 4.47 Å². The molecule has 0 aliphatic carbocycles. The summed E-state index contributed by atoms with van der Waals surface area (Å²) in [5.74, 6) is -5.01. The third kappa shape index (κ3) is 3.49. The molecular formula is C8H7BrClF5N2. The standard InChI is InChI=1S/C8H6BrF5N2.ClH/c9-4-1-2-5(16-3-4)6(15)7(10,11)8(12,13)14;/h1-3,6H,15H2;1H/t6-;/m1./s1. The Labute approximate surface area is 108 Å². The van der Waals surface area contributed by atoms with E-state index in [9.17, 15) is 22.0 Å². The van der Waals surface area contributed by atoms with Gasteiger partial charge in [-0.2, -0.15) is 22.0 Å². The van der Waals surface area contributed by atoms with Crippen LogP contribution in [0.3, 0.4) is 0 Å². The molecule has 0 saturated heterocycles. The molecule has 1 aromatic heterocycles. The summed E-state index contributed by atoms with van der Waals surface area (Å²) in [6, 6.07) is -0.219. The zero-order chi connectivity index (χ0) is 12.6. The summed E-state index contributed by atoms with van der Waals surface area (Å²) in [6.45, 7) is 0. The summed E-state index contributed by atoms with van der Waals surface area (Å²) < 4.78 is 62.0. The number of hydrogen-bond acceptors (Lipinski definition) is 2. The van der Waals surface area contributed by atoms with E-state index in [1.807, 2.05) is 0 Å².